The molecule has 6 heteroatoms. The minimum Gasteiger partial charge on any atom is -0.461 e. The second kappa shape index (κ2) is 6.30. The van der Waals surface area contributed by atoms with Gasteiger partial charge in [0.15, 0.2) is 11.5 Å². The molecule has 0 bridgehead atoms. The molecular weight excluding hydrogens is 274 g/mol. The van der Waals surface area contributed by atoms with Gasteiger partial charge in [0.25, 0.3) is 0 Å². The van der Waals surface area contributed by atoms with Crippen LogP contribution in [-0.4, -0.2) is 48.2 Å². The number of carbonyl (C=O) groups excluding carboxylic acids is 2. The molecule has 1 saturated heterocycles. The van der Waals surface area contributed by atoms with E-state index in [1.807, 2.05) is 20.8 Å². The molecule has 1 unspecified atom stereocenters. The molecule has 0 spiro atoms. The molecule has 0 N–H and O–H groups in total. The van der Waals surface area contributed by atoms with Gasteiger partial charge in [0.1, 0.15) is 5.60 Å². The van der Waals surface area contributed by atoms with Crippen LogP contribution in [0, 0.1) is 0 Å². The zero-order valence-electron chi connectivity index (χ0n) is 12.6. The first-order valence-electron chi connectivity index (χ1n) is 7.01. The van der Waals surface area contributed by atoms with Crippen molar-refractivity contribution >= 4 is 11.9 Å². The lowest BCUT2D eigenvalue weighted by molar-refractivity contribution is -0.0323. The minimum absolute atomic E-state index is 0.149. The van der Waals surface area contributed by atoms with E-state index in [9.17, 15) is 9.59 Å². The number of hydrogen-bond acceptors (Lipinski definition) is 5. The first-order valence-corrected chi connectivity index (χ1v) is 7.01. The molecule has 21 heavy (non-hydrogen) atoms. The molecule has 1 fully saturated rings. The van der Waals surface area contributed by atoms with E-state index in [1.165, 1.54) is 6.26 Å². The highest BCUT2D eigenvalue weighted by Crippen LogP contribution is 2.18. The quantitative estimate of drug-likeness (QED) is 0.801. The van der Waals surface area contributed by atoms with Crippen LogP contribution in [-0.2, 0) is 9.47 Å². The van der Waals surface area contributed by atoms with Crippen LogP contribution in [0.2, 0.25) is 0 Å². The summed E-state index contributed by atoms with van der Waals surface area (Å²) >= 11 is 0. The molecule has 1 aliphatic heterocycles. The van der Waals surface area contributed by atoms with E-state index in [4.69, 9.17) is 13.9 Å². The van der Waals surface area contributed by atoms with E-state index in [0.29, 0.717) is 25.5 Å². The normalized spacial score (nSPS) is 19.4. The summed E-state index contributed by atoms with van der Waals surface area (Å²) in [6.07, 6.45) is 1.20. The Balaban J connectivity index is 2.02. The maximum Gasteiger partial charge on any atom is 0.410 e. The fraction of sp³-hybridized carbons (Fsp3) is 0.600. The molecule has 116 valence electrons. The molecule has 1 aliphatic rings. The minimum atomic E-state index is -0.565. The molecule has 1 aromatic heterocycles. The average molecular weight is 295 g/mol. The van der Waals surface area contributed by atoms with Crippen molar-refractivity contribution in [1.82, 2.24) is 4.90 Å². The Bertz CT molecular complexity index is 489. The van der Waals surface area contributed by atoms with Crippen molar-refractivity contribution < 1.29 is 23.5 Å². The molecule has 0 radical (unpaired) electrons. The predicted octanol–water partition coefficient (Wildman–Crippen LogP) is 2.49. The molecule has 1 aromatic rings. The number of nitrogens with zero attached hydrogens (tertiary/aromatic N) is 1. The number of amides is 1. The summed E-state index contributed by atoms with van der Waals surface area (Å²) in [6.45, 7) is 6.64. The largest absolute Gasteiger partial charge is 0.461 e. The third-order valence-corrected chi connectivity index (χ3v) is 3.07. The van der Waals surface area contributed by atoms with Gasteiger partial charge in [-0.1, -0.05) is 0 Å². The van der Waals surface area contributed by atoms with Gasteiger partial charge in [-0.3, -0.25) is 4.79 Å². The fourth-order valence-corrected chi connectivity index (χ4v) is 2.14. The van der Waals surface area contributed by atoms with Crippen LogP contribution in [0.3, 0.4) is 0 Å². The van der Waals surface area contributed by atoms with Crippen LogP contribution in [0.4, 0.5) is 4.79 Å². The smallest absolute Gasteiger partial charge is 0.410 e. The maximum absolute atomic E-state index is 12.2. The lowest BCUT2D eigenvalue weighted by Crippen LogP contribution is -2.51. The zero-order chi connectivity index (χ0) is 15.5. The second-order valence-electron chi connectivity index (χ2n) is 6.01. The Morgan fingerprint density at radius 2 is 2.19 bits per heavy atom. The molecule has 2 heterocycles. The highest BCUT2D eigenvalue weighted by Gasteiger charge is 2.32. The Morgan fingerprint density at radius 1 is 1.43 bits per heavy atom. The molecule has 0 aromatic carbocycles. The van der Waals surface area contributed by atoms with E-state index in [-0.39, 0.29) is 18.2 Å². The maximum atomic E-state index is 12.2. The summed E-state index contributed by atoms with van der Waals surface area (Å²) in [6, 6.07) is 2.95. The van der Waals surface area contributed by atoms with Gasteiger partial charge in [0.2, 0.25) is 0 Å². The van der Waals surface area contributed by atoms with Crippen molar-refractivity contribution in [3.63, 3.8) is 0 Å². The number of ketones is 1. The third kappa shape index (κ3) is 4.32. The first kappa shape index (κ1) is 15.6. The van der Waals surface area contributed by atoms with Crippen LogP contribution < -0.4 is 0 Å². The van der Waals surface area contributed by atoms with Gasteiger partial charge in [-0.2, -0.15) is 0 Å². The van der Waals surface area contributed by atoms with Gasteiger partial charge in [0.05, 0.1) is 25.5 Å². The van der Waals surface area contributed by atoms with Crippen molar-refractivity contribution in [2.45, 2.75) is 38.8 Å². The van der Waals surface area contributed by atoms with Gasteiger partial charge in [0, 0.05) is 13.0 Å². The summed E-state index contributed by atoms with van der Waals surface area (Å²) in [5, 5.41) is 0. The molecule has 6 nitrogen and oxygen atoms in total. The van der Waals surface area contributed by atoms with Crippen molar-refractivity contribution in [2.75, 3.05) is 19.8 Å². The van der Waals surface area contributed by atoms with E-state index in [0.717, 1.165) is 0 Å². The van der Waals surface area contributed by atoms with Crippen molar-refractivity contribution in [1.29, 1.82) is 0 Å². The lowest BCUT2D eigenvalue weighted by Gasteiger charge is -2.36. The Kier molecular flexibility index (Phi) is 4.67. The zero-order valence-corrected chi connectivity index (χ0v) is 12.6. The molecule has 0 aliphatic carbocycles. The van der Waals surface area contributed by atoms with Crippen LogP contribution in [0.15, 0.2) is 22.8 Å². The fourth-order valence-electron chi connectivity index (χ4n) is 2.14. The summed E-state index contributed by atoms with van der Waals surface area (Å²) in [4.78, 5) is 25.9. The number of Topliss-reactive ketones (excluding diaryl/α,β-unsaturated/α-hetero) is 1. The van der Waals surface area contributed by atoms with E-state index in [2.05, 4.69) is 0 Å². The van der Waals surface area contributed by atoms with Crippen LogP contribution in [0.25, 0.3) is 0 Å². The van der Waals surface area contributed by atoms with Crippen molar-refractivity contribution in [3.05, 3.63) is 24.2 Å². The van der Waals surface area contributed by atoms with E-state index >= 15 is 0 Å². The van der Waals surface area contributed by atoms with Crippen molar-refractivity contribution in [2.24, 2.45) is 0 Å². The van der Waals surface area contributed by atoms with E-state index in [1.54, 1.807) is 17.0 Å². The number of ether oxygens (including phenoxy) is 2. The first-order chi connectivity index (χ1) is 9.87. The predicted molar refractivity (Wildman–Crippen MR) is 75.2 cm³/mol. The number of hydrogen-bond donors (Lipinski definition) is 0. The molecule has 2 rings (SSSR count). The number of furan rings is 1. The monoisotopic (exact) mass is 295 g/mol. The topological polar surface area (TPSA) is 69.0 Å². The SMILES string of the molecule is CC(C)(C)OC(=O)N1CCOCC1CC(=O)c1ccco1. The highest BCUT2D eigenvalue weighted by atomic mass is 16.6. The number of carbonyl (C=O) groups is 2. The van der Waals surface area contributed by atoms with Gasteiger partial charge >= 0.3 is 6.09 Å². The average Bonchev–Trinajstić information content (AvgIpc) is 2.91. The number of morpholine rings is 1. The Morgan fingerprint density at radius 3 is 2.81 bits per heavy atom. The third-order valence-electron chi connectivity index (χ3n) is 3.07. The van der Waals surface area contributed by atoms with Crippen molar-refractivity contribution in [3.8, 4) is 0 Å². The van der Waals surface area contributed by atoms with E-state index < -0.39 is 11.7 Å². The molecule has 1 atom stereocenters. The van der Waals surface area contributed by atoms with Gasteiger partial charge in [-0.05, 0) is 32.9 Å². The molecule has 0 saturated carbocycles. The number of rotatable bonds is 3. The van der Waals surface area contributed by atoms with Crippen LogP contribution >= 0.6 is 0 Å². The summed E-state index contributed by atoms with van der Waals surface area (Å²) < 4.78 is 15.8. The lowest BCUT2D eigenvalue weighted by atomic mass is 10.1. The summed E-state index contributed by atoms with van der Waals surface area (Å²) in [5.41, 5.74) is -0.565. The summed E-state index contributed by atoms with van der Waals surface area (Å²) in [7, 11) is 0. The van der Waals surface area contributed by atoms with Crippen LogP contribution in [0.1, 0.15) is 37.7 Å². The van der Waals surface area contributed by atoms with Gasteiger partial charge in [-0.25, -0.2) is 4.79 Å². The highest BCUT2D eigenvalue weighted by molar-refractivity contribution is 5.94. The summed E-state index contributed by atoms with van der Waals surface area (Å²) in [5.74, 6) is 0.147. The standard InChI is InChI=1S/C15H21NO5/c1-15(2,3)21-14(18)16-6-8-19-10-11(16)9-12(17)13-5-4-7-20-13/h4-5,7,11H,6,8-10H2,1-3H3. The molecule has 1 amide bonds. The Hall–Kier alpha value is -1.82. The van der Waals surface area contributed by atoms with Gasteiger partial charge < -0.3 is 18.8 Å². The Labute approximate surface area is 124 Å². The molecular formula is C15H21NO5. The second-order valence-corrected chi connectivity index (χ2v) is 6.01. The van der Waals surface area contributed by atoms with Crippen LogP contribution in [0.5, 0.6) is 0 Å². The van der Waals surface area contributed by atoms with Gasteiger partial charge in [-0.15, -0.1) is 0 Å².